The molecule has 21 heavy (non-hydrogen) atoms. The van der Waals surface area contributed by atoms with Gasteiger partial charge in [-0.15, -0.1) is 0 Å². The minimum atomic E-state index is 0.325. The lowest BCUT2D eigenvalue weighted by Gasteiger charge is -2.14. The van der Waals surface area contributed by atoms with E-state index in [4.69, 9.17) is 4.74 Å². The second kappa shape index (κ2) is 8.20. The Morgan fingerprint density at radius 1 is 1.14 bits per heavy atom. The highest BCUT2D eigenvalue weighted by Crippen LogP contribution is 2.27. The van der Waals surface area contributed by atoms with Gasteiger partial charge in [0.2, 0.25) is 0 Å². The van der Waals surface area contributed by atoms with Gasteiger partial charge in [-0.3, -0.25) is 0 Å². The lowest BCUT2D eigenvalue weighted by atomic mass is 10.1. The predicted octanol–water partition coefficient (Wildman–Crippen LogP) is 4.74. The molecule has 0 saturated heterocycles. The van der Waals surface area contributed by atoms with Crippen LogP contribution in [0.5, 0.6) is 5.75 Å². The molecule has 112 valence electrons. The minimum absolute atomic E-state index is 0.325. The van der Waals surface area contributed by atoms with E-state index >= 15 is 0 Å². The molecule has 0 aliphatic rings. The molecular formula is C18H22BrNO. The predicted molar refractivity (Wildman–Crippen MR) is 91.9 cm³/mol. The maximum atomic E-state index is 5.83. The molecule has 0 spiro atoms. The van der Waals surface area contributed by atoms with Gasteiger partial charge in [0.05, 0.1) is 6.61 Å². The number of rotatable bonds is 7. The third-order valence-corrected chi connectivity index (χ3v) is 4.28. The van der Waals surface area contributed by atoms with Gasteiger partial charge in [-0.1, -0.05) is 52.3 Å². The normalized spacial score (nSPS) is 12.1. The smallest absolute Gasteiger partial charge is 0.120 e. The molecular weight excluding hydrogens is 326 g/mol. The van der Waals surface area contributed by atoms with E-state index in [2.05, 4.69) is 58.5 Å². The SMILES string of the molecule is CNC(C)c1ccc(OCCCc2ccccc2)cc1Br. The molecule has 2 rings (SSSR count). The first kappa shape index (κ1) is 16.1. The zero-order valence-electron chi connectivity index (χ0n) is 12.6. The van der Waals surface area contributed by atoms with Gasteiger partial charge in [0.25, 0.3) is 0 Å². The fraction of sp³-hybridized carbons (Fsp3) is 0.333. The summed E-state index contributed by atoms with van der Waals surface area (Å²) in [6.07, 6.45) is 2.08. The molecule has 0 amide bonds. The highest BCUT2D eigenvalue weighted by molar-refractivity contribution is 9.10. The Morgan fingerprint density at radius 3 is 2.57 bits per heavy atom. The molecule has 0 bridgehead atoms. The highest BCUT2D eigenvalue weighted by Gasteiger charge is 2.08. The second-order valence-electron chi connectivity index (χ2n) is 5.13. The van der Waals surface area contributed by atoms with E-state index in [0.717, 1.165) is 29.7 Å². The molecule has 2 aromatic rings. The van der Waals surface area contributed by atoms with Crippen LogP contribution in [0, 0.1) is 0 Å². The number of hydrogen-bond acceptors (Lipinski definition) is 2. The zero-order chi connectivity index (χ0) is 15.1. The van der Waals surface area contributed by atoms with Crippen LogP contribution in [-0.4, -0.2) is 13.7 Å². The first-order valence-corrected chi connectivity index (χ1v) is 8.13. The molecule has 0 aliphatic heterocycles. The lowest BCUT2D eigenvalue weighted by Crippen LogP contribution is -2.12. The monoisotopic (exact) mass is 347 g/mol. The van der Waals surface area contributed by atoms with Crippen LogP contribution in [0.1, 0.15) is 30.5 Å². The van der Waals surface area contributed by atoms with E-state index in [9.17, 15) is 0 Å². The van der Waals surface area contributed by atoms with Crippen molar-refractivity contribution in [3.63, 3.8) is 0 Å². The van der Waals surface area contributed by atoms with Crippen LogP contribution >= 0.6 is 15.9 Å². The van der Waals surface area contributed by atoms with Crippen molar-refractivity contribution in [1.82, 2.24) is 5.32 Å². The van der Waals surface area contributed by atoms with E-state index < -0.39 is 0 Å². The fourth-order valence-corrected chi connectivity index (χ4v) is 2.92. The Balaban J connectivity index is 1.82. The first-order chi connectivity index (χ1) is 10.2. The number of hydrogen-bond donors (Lipinski definition) is 1. The average Bonchev–Trinajstić information content (AvgIpc) is 2.52. The Hall–Kier alpha value is -1.32. The molecule has 0 heterocycles. The van der Waals surface area contributed by atoms with E-state index in [-0.39, 0.29) is 0 Å². The topological polar surface area (TPSA) is 21.3 Å². The van der Waals surface area contributed by atoms with E-state index in [1.54, 1.807) is 0 Å². The van der Waals surface area contributed by atoms with Crippen LogP contribution in [0.2, 0.25) is 0 Å². The Bertz CT molecular complexity index is 556. The molecule has 0 fully saturated rings. The molecule has 2 nitrogen and oxygen atoms in total. The van der Waals surface area contributed by atoms with Gasteiger partial charge in [-0.2, -0.15) is 0 Å². The summed E-state index contributed by atoms with van der Waals surface area (Å²) in [5.41, 5.74) is 2.61. The van der Waals surface area contributed by atoms with Crippen molar-refractivity contribution in [2.75, 3.05) is 13.7 Å². The molecule has 0 aliphatic carbocycles. The number of aryl methyl sites for hydroxylation is 1. The van der Waals surface area contributed by atoms with Crippen LogP contribution in [0.15, 0.2) is 53.0 Å². The number of nitrogens with one attached hydrogen (secondary N) is 1. The van der Waals surface area contributed by atoms with Gasteiger partial charge < -0.3 is 10.1 Å². The lowest BCUT2D eigenvalue weighted by molar-refractivity contribution is 0.310. The van der Waals surface area contributed by atoms with Crippen molar-refractivity contribution in [2.45, 2.75) is 25.8 Å². The van der Waals surface area contributed by atoms with Crippen molar-refractivity contribution in [2.24, 2.45) is 0 Å². The number of ether oxygens (including phenoxy) is 1. The third kappa shape index (κ3) is 4.87. The molecule has 0 saturated carbocycles. The Morgan fingerprint density at radius 2 is 1.90 bits per heavy atom. The van der Waals surface area contributed by atoms with Crippen LogP contribution < -0.4 is 10.1 Å². The van der Waals surface area contributed by atoms with Gasteiger partial charge in [0, 0.05) is 10.5 Å². The van der Waals surface area contributed by atoms with Gasteiger partial charge in [0.15, 0.2) is 0 Å². The Kier molecular flexibility index (Phi) is 6.27. The maximum Gasteiger partial charge on any atom is 0.120 e. The fourth-order valence-electron chi connectivity index (χ4n) is 2.22. The summed E-state index contributed by atoms with van der Waals surface area (Å²) in [5, 5.41) is 3.24. The van der Waals surface area contributed by atoms with Crippen molar-refractivity contribution < 1.29 is 4.74 Å². The third-order valence-electron chi connectivity index (χ3n) is 3.59. The van der Waals surface area contributed by atoms with Crippen molar-refractivity contribution in [3.8, 4) is 5.75 Å². The summed E-state index contributed by atoms with van der Waals surface area (Å²) in [4.78, 5) is 0. The molecule has 0 aromatic heterocycles. The Labute approximate surface area is 135 Å². The van der Waals surface area contributed by atoms with E-state index in [1.807, 2.05) is 25.2 Å². The van der Waals surface area contributed by atoms with Crippen LogP contribution in [0.4, 0.5) is 0 Å². The van der Waals surface area contributed by atoms with Crippen molar-refractivity contribution >= 4 is 15.9 Å². The summed E-state index contributed by atoms with van der Waals surface area (Å²) < 4.78 is 6.91. The van der Waals surface area contributed by atoms with Crippen molar-refractivity contribution in [1.29, 1.82) is 0 Å². The van der Waals surface area contributed by atoms with E-state index in [1.165, 1.54) is 11.1 Å². The van der Waals surface area contributed by atoms with Crippen LogP contribution in [0.25, 0.3) is 0 Å². The number of halogens is 1. The largest absolute Gasteiger partial charge is 0.494 e. The maximum absolute atomic E-state index is 5.83. The van der Waals surface area contributed by atoms with Gasteiger partial charge in [-0.25, -0.2) is 0 Å². The molecule has 1 unspecified atom stereocenters. The zero-order valence-corrected chi connectivity index (χ0v) is 14.2. The highest BCUT2D eigenvalue weighted by atomic mass is 79.9. The summed E-state index contributed by atoms with van der Waals surface area (Å²) in [7, 11) is 1.96. The van der Waals surface area contributed by atoms with Crippen LogP contribution in [0.3, 0.4) is 0 Å². The molecule has 2 aromatic carbocycles. The molecule has 0 radical (unpaired) electrons. The molecule has 3 heteroatoms. The second-order valence-corrected chi connectivity index (χ2v) is 5.99. The minimum Gasteiger partial charge on any atom is -0.494 e. The average molecular weight is 348 g/mol. The van der Waals surface area contributed by atoms with Gasteiger partial charge >= 0.3 is 0 Å². The molecule has 1 N–H and O–H groups in total. The van der Waals surface area contributed by atoms with Crippen molar-refractivity contribution in [3.05, 3.63) is 64.1 Å². The summed E-state index contributed by atoms with van der Waals surface area (Å²) in [6.45, 7) is 2.88. The quantitative estimate of drug-likeness (QED) is 0.730. The summed E-state index contributed by atoms with van der Waals surface area (Å²) >= 11 is 3.61. The summed E-state index contributed by atoms with van der Waals surface area (Å²) in [5.74, 6) is 0.919. The number of benzene rings is 2. The summed E-state index contributed by atoms with van der Waals surface area (Å²) in [6, 6.07) is 17.0. The first-order valence-electron chi connectivity index (χ1n) is 7.34. The van der Waals surface area contributed by atoms with Gasteiger partial charge in [-0.05, 0) is 50.1 Å². The standard InChI is InChI=1S/C18H22BrNO/c1-14(20-2)17-11-10-16(13-18(17)19)21-12-6-9-15-7-4-3-5-8-15/h3-5,7-8,10-11,13-14,20H,6,9,12H2,1-2H3. The molecule has 1 atom stereocenters. The van der Waals surface area contributed by atoms with Gasteiger partial charge in [0.1, 0.15) is 5.75 Å². The van der Waals surface area contributed by atoms with E-state index in [0.29, 0.717) is 6.04 Å². The van der Waals surface area contributed by atoms with Crippen LogP contribution in [-0.2, 0) is 6.42 Å².